The zero-order chi connectivity index (χ0) is 21.8. The average molecular weight is 445 g/mol. The lowest BCUT2D eigenvalue weighted by atomic mass is 10.2. The van der Waals surface area contributed by atoms with Crippen LogP contribution in [0.3, 0.4) is 0 Å². The van der Waals surface area contributed by atoms with E-state index in [1.807, 2.05) is 11.0 Å². The van der Waals surface area contributed by atoms with Gasteiger partial charge >= 0.3 is 6.61 Å². The quantitative estimate of drug-likeness (QED) is 0.594. The molecule has 1 aromatic heterocycles. The molecule has 1 aliphatic heterocycles. The summed E-state index contributed by atoms with van der Waals surface area (Å²) < 4.78 is 28.8. The zero-order valence-electron chi connectivity index (χ0n) is 16.9. The van der Waals surface area contributed by atoms with Crippen LogP contribution in [0.2, 0.25) is 0 Å². The Morgan fingerprint density at radius 3 is 2.55 bits per heavy atom. The lowest BCUT2D eigenvalue weighted by molar-refractivity contribution is -0.0498. The Kier molecular flexibility index (Phi) is 6.31. The molecule has 1 amide bonds. The summed E-state index contributed by atoms with van der Waals surface area (Å²) in [7, 11) is 0. The summed E-state index contributed by atoms with van der Waals surface area (Å²) >= 11 is 1.32. The number of hydrogen-bond donors (Lipinski definition) is 1. The van der Waals surface area contributed by atoms with Crippen molar-refractivity contribution in [3.63, 3.8) is 0 Å². The van der Waals surface area contributed by atoms with Crippen molar-refractivity contribution in [3.8, 4) is 5.75 Å². The SMILES string of the molecule is Cc1cccc(N2CCN(C(=O)c3csc(Nc4ccc(OC(F)F)cc4)n3)CC2)c1. The molecule has 162 valence electrons. The maximum absolute atomic E-state index is 12.8. The molecule has 0 bridgehead atoms. The zero-order valence-corrected chi connectivity index (χ0v) is 17.7. The van der Waals surface area contributed by atoms with Gasteiger partial charge in [0, 0.05) is 42.9 Å². The molecule has 31 heavy (non-hydrogen) atoms. The first-order valence-corrected chi connectivity index (χ1v) is 10.7. The Balaban J connectivity index is 1.33. The van der Waals surface area contributed by atoms with E-state index in [0.29, 0.717) is 29.6 Å². The number of aromatic nitrogens is 1. The number of thiazole rings is 1. The number of ether oxygens (including phenoxy) is 1. The molecule has 0 unspecified atom stereocenters. The number of piperazine rings is 1. The second-order valence-corrected chi connectivity index (χ2v) is 8.04. The van der Waals surface area contributed by atoms with Gasteiger partial charge in [-0.2, -0.15) is 8.78 Å². The number of halogens is 2. The minimum atomic E-state index is -2.86. The van der Waals surface area contributed by atoms with Gasteiger partial charge in [-0.3, -0.25) is 4.79 Å². The molecule has 1 saturated heterocycles. The Labute approximate surface area is 183 Å². The van der Waals surface area contributed by atoms with Gasteiger partial charge in [0.05, 0.1) is 0 Å². The van der Waals surface area contributed by atoms with Crippen molar-refractivity contribution < 1.29 is 18.3 Å². The molecule has 0 saturated carbocycles. The highest BCUT2D eigenvalue weighted by molar-refractivity contribution is 7.14. The van der Waals surface area contributed by atoms with Crippen molar-refractivity contribution in [2.24, 2.45) is 0 Å². The first-order valence-electron chi connectivity index (χ1n) is 9.86. The largest absolute Gasteiger partial charge is 0.435 e. The first-order chi connectivity index (χ1) is 15.0. The van der Waals surface area contributed by atoms with E-state index in [9.17, 15) is 13.6 Å². The van der Waals surface area contributed by atoms with Crippen LogP contribution in [0.4, 0.5) is 25.3 Å². The van der Waals surface area contributed by atoms with E-state index >= 15 is 0 Å². The lowest BCUT2D eigenvalue weighted by Gasteiger charge is -2.36. The van der Waals surface area contributed by atoms with Gasteiger partial charge in [0.25, 0.3) is 5.91 Å². The Morgan fingerprint density at radius 1 is 1.13 bits per heavy atom. The fourth-order valence-electron chi connectivity index (χ4n) is 3.43. The van der Waals surface area contributed by atoms with Crippen LogP contribution >= 0.6 is 11.3 Å². The van der Waals surface area contributed by atoms with Crippen LogP contribution in [0.1, 0.15) is 16.1 Å². The smallest absolute Gasteiger partial charge is 0.387 e. The number of benzene rings is 2. The number of aryl methyl sites for hydroxylation is 1. The van der Waals surface area contributed by atoms with E-state index in [0.717, 1.165) is 13.1 Å². The van der Waals surface area contributed by atoms with E-state index < -0.39 is 6.61 Å². The number of nitrogens with one attached hydrogen (secondary N) is 1. The second-order valence-electron chi connectivity index (χ2n) is 7.18. The monoisotopic (exact) mass is 444 g/mol. The van der Waals surface area contributed by atoms with Crippen molar-refractivity contribution in [1.29, 1.82) is 0 Å². The highest BCUT2D eigenvalue weighted by atomic mass is 32.1. The van der Waals surface area contributed by atoms with Gasteiger partial charge in [-0.15, -0.1) is 11.3 Å². The van der Waals surface area contributed by atoms with Crippen molar-refractivity contribution in [3.05, 3.63) is 65.2 Å². The van der Waals surface area contributed by atoms with Gasteiger partial charge in [-0.1, -0.05) is 12.1 Å². The van der Waals surface area contributed by atoms with E-state index in [1.165, 1.54) is 34.7 Å². The molecule has 4 rings (SSSR count). The minimum Gasteiger partial charge on any atom is -0.435 e. The molecule has 0 radical (unpaired) electrons. The Morgan fingerprint density at radius 2 is 1.87 bits per heavy atom. The molecule has 1 fully saturated rings. The predicted octanol–water partition coefficient (Wildman–Crippen LogP) is 4.76. The molecule has 2 heterocycles. The number of nitrogens with zero attached hydrogens (tertiary/aromatic N) is 3. The highest BCUT2D eigenvalue weighted by Gasteiger charge is 2.24. The van der Waals surface area contributed by atoms with Crippen LogP contribution in [0.15, 0.2) is 53.9 Å². The number of rotatable bonds is 6. The molecular formula is C22H22F2N4O2S. The third kappa shape index (κ3) is 5.29. The molecule has 9 heteroatoms. The van der Waals surface area contributed by atoms with Gasteiger partial charge < -0.3 is 19.9 Å². The van der Waals surface area contributed by atoms with Crippen molar-refractivity contribution >= 4 is 33.8 Å². The number of carbonyl (C=O) groups is 1. The molecule has 1 aliphatic rings. The second kappa shape index (κ2) is 9.30. The van der Waals surface area contributed by atoms with Gasteiger partial charge in [0.2, 0.25) is 0 Å². The van der Waals surface area contributed by atoms with Crippen LogP contribution in [0.25, 0.3) is 0 Å². The lowest BCUT2D eigenvalue weighted by Crippen LogP contribution is -2.48. The maximum Gasteiger partial charge on any atom is 0.387 e. The van der Waals surface area contributed by atoms with Crippen LogP contribution in [0.5, 0.6) is 5.75 Å². The summed E-state index contributed by atoms with van der Waals surface area (Å²) in [6, 6.07) is 14.5. The molecule has 0 atom stereocenters. The van der Waals surface area contributed by atoms with Crippen LogP contribution < -0.4 is 15.0 Å². The van der Waals surface area contributed by atoms with Crippen molar-refractivity contribution in [1.82, 2.24) is 9.88 Å². The Bertz CT molecular complexity index is 1030. The molecule has 6 nitrogen and oxygen atoms in total. The van der Waals surface area contributed by atoms with Gasteiger partial charge in [0.15, 0.2) is 5.13 Å². The molecule has 0 aliphatic carbocycles. The van der Waals surface area contributed by atoms with Crippen LogP contribution in [0, 0.1) is 6.92 Å². The number of amides is 1. The van der Waals surface area contributed by atoms with E-state index in [4.69, 9.17) is 0 Å². The van der Waals surface area contributed by atoms with E-state index in [2.05, 4.69) is 45.1 Å². The average Bonchev–Trinajstić information content (AvgIpc) is 3.23. The Hall–Kier alpha value is -3.20. The summed E-state index contributed by atoms with van der Waals surface area (Å²) in [6.07, 6.45) is 0. The fourth-order valence-corrected chi connectivity index (χ4v) is 4.13. The van der Waals surface area contributed by atoms with E-state index in [-0.39, 0.29) is 11.7 Å². The maximum atomic E-state index is 12.8. The third-order valence-corrected chi connectivity index (χ3v) is 5.75. The van der Waals surface area contributed by atoms with Gasteiger partial charge in [0.1, 0.15) is 11.4 Å². The molecule has 0 spiro atoms. The standard InChI is InChI=1S/C22H22F2N4O2S/c1-15-3-2-4-17(13-15)27-9-11-28(12-10-27)20(29)19-14-31-22(26-19)25-16-5-7-18(8-6-16)30-21(23)24/h2-8,13-14,21H,9-12H2,1H3,(H,25,26). The van der Waals surface area contributed by atoms with Crippen LogP contribution in [-0.4, -0.2) is 48.6 Å². The van der Waals surface area contributed by atoms with Gasteiger partial charge in [-0.25, -0.2) is 4.98 Å². The summed E-state index contributed by atoms with van der Waals surface area (Å²) in [5, 5.41) is 5.37. The molecule has 1 N–H and O–H groups in total. The number of anilines is 3. The van der Waals surface area contributed by atoms with E-state index in [1.54, 1.807) is 17.5 Å². The number of carbonyl (C=O) groups excluding carboxylic acids is 1. The summed E-state index contributed by atoms with van der Waals surface area (Å²) in [5.41, 5.74) is 3.46. The molecule has 3 aromatic rings. The van der Waals surface area contributed by atoms with Gasteiger partial charge in [-0.05, 0) is 48.9 Å². The number of hydrogen-bond acceptors (Lipinski definition) is 6. The third-order valence-electron chi connectivity index (χ3n) is 4.99. The topological polar surface area (TPSA) is 57.7 Å². The summed E-state index contributed by atoms with van der Waals surface area (Å²) in [6.45, 7) is 2.04. The van der Waals surface area contributed by atoms with Crippen molar-refractivity contribution in [2.45, 2.75) is 13.5 Å². The highest BCUT2D eigenvalue weighted by Crippen LogP contribution is 2.25. The molecule has 2 aromatic carbocycles. The first kappa shape index (κ1) is 21.0. The van der Waals surface area contributed by atoms with Crippen LogP contribution in [-0.2, 0) is 0 Å². The molecular weight excluding hydrogens is 422 g/mol. The summed E-state index contributed by atoms with van der Waals surface area (Å²) in [5.74, 6) is -0.00534. The predicted molar refractivity (Wildman–Crippen MR) is 118 cm³/mol. The normalized spacial score (nSPS) is 14.1. The summed E-state index contributed by atoms with van der Waals surface area (Å²) in [4.78, 5) is 21.3. The van der Waals surface area contributed by atoms with Crippen molar-refractivity contribution in [2.75, 3.05) is 36.4 Å². The minimum absolute atomic E-state index is 0.0837. The fraction of sp³-hybridized carbons (Fsp3) is 0.273. The number of alkyl halides is 2.